The molecule has 0 heterocycles. The van der Waals surface area contributed by atoms with Gasteiger partial charge in [-0.1, -0.05) is 62.4 Å². The van der Waals surface area contributed by atoms with Gasteiger partial charge in [-0.05, 0) is 38.0 Å². The summed E-state index contributed by atoms with van der Waals surface area (Å²) in [5, 5.41) is 8.88. The van der Waals surface area contributed by atoms with Crippen molar-refractivity contribution >= 4 is 24.0 Å². The Balaban J connectivity index is 0.00000103. The molecule has 0 radical (unpaired) electrons. The Morgan fingerprint density at radius 1 is 1.07 bits per heavy atom. The highest BCUT2D eigenvalue weighted by Crippen LogP contribution is 2.09. The minimum atomic E-state index is -1.02. The molecule has 0 aliphatic heterocycles. The molecule has 0 amide bonds. The quantitative estimate of drug-likeness (QED) is 0.272. The van der Waals surface area contributed by atoms with Crippen LogP contribution in [0, 0.1) is 0 Å². The van der Waals surface area contributed by atoms with Crippen LogP contribution in [-0.2, 0) is 23.9 Å². The number of hydrogen-bond donors (Lipinski definition) is 1. The van der Waals surface area contributed by atoms with Gasteiger partial charge in [-0.15, -0.1) is 0 Å². The molecule has 1 N–H and O–H groups in total. The van der Waals surface area contributed by atoms with E-state index >= 15 is 0 Å². The first-order chi connectivity index (χ1) is 14.2. The van der Waals surface area contributed by atoms with E-state index in [-0.39, 0.29) is 11.5 Å². The Hall–Kier alpha value is -3.41. The minimum Gasteiger partial charge on any atom is -0.478 e. The molecule has 6 heteroatoms. The lowest BCUT2D eigenvalue weighted by Gasteiger charge is -2.04. The summed E-state index contributed by atoms with van der Waals surface area (Å²) < 4.78 is 9.46. The topological polar surface area (TPSA) is 89.9 Å². The fraction of sp³-hybridized carbons (Fsp3) is 0.292. The molecular formula is C24H30O6. The molecule has 0 bridgehead atoms. The molecule has 30 heavy (non-hydrogen) atoms. The van der Waals surface area contributed by atoms with Crippen LogP contribution in [0.15, 0.2) is 71.9 Å². The van der Waals surface area contributed by atoms with Crippen molar-refractivity contribution in [1.29, 1.82) is 0 Å². The molecule has 0 aliphatic carbocycles. The van der Waals surface area contributed by atoms with E-state index < -0.39 is 11.9 Å². The summed E-state index contributed by atoms with van der Waals surface area (Å²) in [5.41, 5.74) is 1.84. The number of carbonyl (C=O) groups excluding carboxylic acids is 2. The maximum atomic E-state index is 12.1. The Labute approximate surface area is 178 Å². The number of hydrogen-bond acceptors (Lipinski definition) is 5. The fourth-order valence-electron chi connectivity index (χ4n) is 1.79. The van der Waals surface area contributed by atoms with Crippen LogP contribution < -0.4 is 0 Å². The zero-order valence-corrected chi connectivity index (χ0v) is 18.0. The van der Waals surface area contributed by atoms with Gasteiger partial charge in [0.25, 0.3) is 0 Å². The summed E-state index contributed by atoms with van der Waals surface area (Å²) in [6, 6.07) is 9.53. The predicted molar refractivity (Wildman–Crippen MR) is 118 cm³/mol. The standard InChI is InChI=1S/C19H22O4.C5H8O2/c1-3-4-14-23-19(22)17(12-10-15(2)18(20)21)13-11-16-8-6-5-7-9-16;1-4(2)5(6)7-3/h5-13H,3-4,14H2,1-2H3,(H,20,21);1H2,2-3H3. The van der Waals surface area contributed by atoms with Crippen LogP contribution in [0.25, 0.3) is 6.08 Å². The van der Waals surface area contributed by atoms with Crippen LogP contribution >= 0.6 is 0 Å². The van der Waals surface area contributed by atoms with Gasteiger partial charge in [0.15, 0.2) is 0 Å². The number of methoxy groups -OCH3 is 1. The van der Waals surface area contributed by atoms with Gasteiger partial charge in [0.05, 0.1) is 19.3 Å². The molecule has 1 aromatic rings. The first-order valence-corrected chi connectivity index (χ1v) is 9.48. The zero-order chi connectivity index (χ0) is 22.9. The van der Waals surface area contributed by atoms with Crippen molar-refractivity contribution in [3.8, 4) is 0 Å². The van der Waals surface area contributed by atoms with E-state index in [1.165, 1.54) is 26.2 Å². The molecule has 0 unspecified atom stereocenters. The maximum absolute atomic E-state index is 12.1. The van der Waals surface area contributed by atoms with Gasteiger partial charge >= 0.3 is 17.9 Å². The van der Waals surface area contributed by atoms with Crippen molar-refractivity contribution < 1.29 is 29.0 Å². The van der Waals surface area contributed by atoms with E-state index in [4.69, 9.17) is 9.84 Å². The van der Waals surface area contributed by atoms with Crippen LogP contribution in [0.3, 0.4) is 0 Å². The third-order valence-corrected chi connectivity index (χ3v) is 3.61. The van der Waals surface area contributed by atoms with Crippen molar-refractivity contribution in [3.05, 3.63) is 77.4 Å². The van der Waals surface area contributed by atoms with Crippen LogP contribution in [0.4, 0.5) is 0 Å². The SMILES string of the molecule is C=C(C)C(=O)OC.CCCCOC(=O)C(C=Cc1ccccc1)=CC=C(C)C(=O)O. The maximum Gasteiger partial charge on any atom is 0.338 e. The molecule has 0 saturated carbocycles. The average molecular weight is 414 g/mol. The molecule has 1 aromatic carbocycles. The van der Waals surface area contributed by atoms with Gasteiger partial charge in [-0.2, -0.15) is 0 Å². The summed E-state index contributed by atoms with van der Waals surface area (Å²) in [4.78, 5) is 33.1. The summed E-state index contributed by atoms with van der Waals surface area (Å²) in [5.74, 6) is -1.83. The third-order valence-electron chi connectivity index (χ3n) is 3.61. The number of ether oxygens (including phenoxy) is 2. The second-order valence-corrected chi connectivity index (χ2v) is 6.28. The van der Waals surface area contributed by atoms with Crippen molar-refractivity contribution in [1.82, 2.24) is 0 Å². The third kappa shape index (κ3) is 12.1. The lowest BCUT2D eigenvalue weighted by molar-refractivity contribution is -0.139. The first kappa shape index (κ1) is 26.6. The number of carbonyl (C=O) groups is 3. The fourth-order valence-corrected chi connectivity index (χ4v) is 1.79. The van der Waals surface area contributed by atoms with E-state index in [2.05, 4.69) is 11.3 Å². The summed E-state index contributed by atoms with van der Waals surface area (Å²) in [7, 11) is 1.33. The lowest BCUT2D eigenvalue weighted by Crippen LogP contribution is -2.07. The van der Waals surface area contributed by atoms with Crippen molar-refractivity contribution in [2.24, 2.45) is 0 Å². The van der Waals surface area contributed by atoms with Gasteiger partial charge in [0.1, 0.15) is 0 Å². The number of aliphatic carboxylic acids is 1. The van der Waals surface area contributed by atoms with E-state index in [1.54, 1.807) is 19.1 Å². The molecule has 0 aliphatic rings. The number of carboxylic acid groups (broad SMARTS) is 1. The Kier molecular flexibility index (Phi) is 13.7. The largest absolute Gasteiger partial charge is 0.478 e. The second-order valence-electron chi connectivity index (χ2n) is 6.28. The van der Waals surface area contributed by atoms with Gasteiger partial charge in [-0.3, -0.25) is 0 Å². The van der Waals surface area contributed by atoms with Gasteiger partial charge in [0.2, 0.25) is 0 Å². The molecular weight excluding hydrogens is 384 g/mol. The summed E-state index contributed by atoms with van der Waals surface area (Å²) in [6.45, 7) is 8.79. The Morgan fingerprint density at radius 2 is 1.70 bits per heavy atom. The van der Waals surface area contributed by atoms with E-state index in [0.717, 1.165) is 18.4 Å². The molecule has 0 atom stereocenters. The Bertz CT molecular complexity index is 800. The lowest BCUT2D eigenvalue weighted by atomic mass is 10.1. The normalized spacial score (nSPS) is 11.3. The molecule has 1 rings (SSSR count). The minimum absolute atomic E-state index is 0.150. The number of carboxylic acids is 1. The van der Waals surface area contributed by atoms with E-state index in [9.17, 15) is 14.4 Å². The average Bonchev–Trinajstić information content (AvgIpc) is 2.74. The van der Waals surface area contributed by atoms with Crippen molar-refractivity contribution in [2.45, 2.75) is 33.6 Å². The van der Waals surface area contributed by atoms with Crippen molar-refractivity contribution in [2.75, 3.05) is 13.7 Å². The highest BCUT2D eigenvalue weighted by molar-refractivity contribution is 5.94. The highest BCUT2D eigenvalue weighted by Gasteiger charge is 2.08. The number of unbranched alkanes of at least 4 members (excludes halogenated alkanes) is 1. The first-order valence-electron chi connectivity index (χ1n) is 9.48. The van der Waals surface area contributed by atoms with Gasteiger partial charge in [-0.25, -0.2) is 14.4 Å². The van der Waals surface area contributed by atoms with Crippen molar-refractivity contribution in [3.63, 3.8) is 0 Å². The van der Waals surface area contributed by atoms with E-state index in [1.807, 2.05) is 37.3 Å². The monoisotopic (exact) mass is 414 g/mol. The van der Waals surface area contributed by atoms with Gasteiger partial charge in [0, 0.05) is 11.1 Å². The number of esters is 2. The molecule has 6 nitrogen and oxygen atoms in total. The van der Waals surface area contributed by atoms with Crippen LogP contribution in [-0.4, -0.2) is 36.7 Å². The zero-order valence-electron chi connectivity index (χ0n) is 18.0. The Morgan fingerprint density at radius 3 is 2.17 bits per heavy atom. The van der Waals surface area contributed by atoms with Crippen LogP contribution in [0.1, 0.15) is 39.2 Å². The second kappa shape index (κ2) is 15.5. The molecule has 162 valence electrons. The predicted octanol–water partition coefficient (Wildman–Crippen LogP) is 4.74. The summed E-state index contributed by atoms with van der Waals surface area (Å²) >= 11 is 0. The number of rotatable bonds is 9. The molecule has 0 fully saturated rings. The molecule has 0 spiro atoms. The highest BCUT2D eigenvalue weighted by atomic mass is 16.5. The van der Waals surface area contributed by atoms with Crippen LogP contribution in [0.2, 0.25) is 0 Å². The smallest absolute Gasteiger partial charge is 0.338 e. The van der Waals surface area contributed by atoms with Crippen LogP contribution in [0.5, 0.6) is 0 Å². The number of benzene rings is 1. The number of allylic oxidation sites excluding steroid dienone is 2. The van der Waals surface area contributed by atoms with Gasteiger partial charge < -0.3 is 14.6 Å². The molecule has 0 saturated heterocycles. The van der Waals surface area contributed by atoms with E-state index in [0.29, 0.717) is 17.8 Å². The summed E-state index contributed by atoms with van der Waals surface area (Å²) in [6.07, 6.45) is 8.02. The molecule has 0 aromatic heterocycles.